The smallest absolute Gasteiger partial charge is 0.324 e. The number of anilines is 1. The lowest BCUT2D eigenvalue weighted by atomic mass is 10.5. The van der Waals surface area contributed by atoms with Gasteiger partial charge in [0.2, 0.25) is 5.95 Å². The zero-order chi connectivity index (χ0) is 11.4. The molecule has 0 unspecified atom stereocenters. The third kappa shape index (κ3) is 2.95. The van der Waals surface area contributed by atoms with Gasteiger partial charge in [-0.3, -0.25) is 0 Å². The molecule has 0 aliphatic heterocycles. The Balaban J connectivity index is 2.04. The van der Waals surface area contributed by atoms with E-state index in [-0.39, 0.29) is 6.01 Å². The van der Waals surface area contributed by atoms with E-state index in [9.17, 15) is 0 Å². The van der Waals surface area contributed by atoms with Gasteiger partial charge in [0.05, 0.1) is 13.7 Å². The molecule has 0 bridgehead atoms. The van der Waals surface area contributed by atoms with Crippen LogP contribution in [0, 0.1) is 5.92 Å². The predicted molar refractivity (Wildman–Crippen MR) is 58.8 cm³/mol. The molecule has 0 atom stereocenters. The van der Waals surface area contributed by atoms with Crippen molar-refractivity contribution in [2.75, 3.05) is 25.6 Å². The van der Waals surface area contributed by atoms with Crippen molar-refractivity contribution in [3.8, 4) is 12.0 Å². The van der Waals surface area contributed by atoms with Gasteiger partial charge in [-0.1, -0.05) is 0 Å². The number of aromatic nitrogens is 3. The van der Waals surface area contributed by atoms with Gasteiger partial charge in [0.1, 0.15) is 0 Å². The van der Waals surface area contributed by atoms with Gasteiger partial charge in [-0.05, 0) is 25.7 Å². The van der Waals surface area contributed by atoms with Crippen LogP contribution in [0.1, 0.15) is 19.8 Å². The van der Waals surface area contributed by atoms with Gasteiger partial charge in [-0.25, -0.2) is 0 Å². The summed E-state index contributed by atoms with van der Waals surface area (Å²) in [6.07, 6.45) is 2.48. The van der Waals surface area contributed by atoms with Crippen LogP contribution >= 0.6 is 0 Å². The van der Waals surface area contributed by atoms with Gasteiger partial charge in [-0.2, -0.15) is 9.97 Å². The van der Waals surface area contributed by atoms with Crippen molar-refractivity contribution in [2.45, 2.75) is 19.8 Å². The molecule has 1 fully saturated rings. The summed E-state index contributed by atoms with van der Waals surface area (Å²) in [4.78, 5) is 12.2. The summed E-state index contributed by atoms with van der Waals surface area (Å²) < 4.78 is 10.5. The van der Waals surface area contributed by atoms with Crippen molar-refractivity contribution in [3.63, 3.8) is 0 Å². The van der Waals surface area contributed by atoms with Crippen molar-refractivity contribution in [1.82, 2.24) is 15.0 Å². The molecule has 6 nitrogen and oxygen atoms in total. The molecule has 1 aliphatic carbocycles. The van der Waals surface area contributed by atoms with Crippen LogP contribution < -0.4 is 14.8 Å². The average Bonchev–Trinajstić information content (AvgIpc) is 3.10. The number of nitrogens with zero attached hydrogens (tertiary/aromatic N) is 3. The number of nitrogens with one attached hydrogen (secondary N) is 1. The van der Waals surface area contributed by atoms with Crippen LogP contribution in [0.2, 0.25) is 0 Å². The van der Waals surface area contributed by atoms with E-state index in [2.05, 4.69) is 20.3 Å². The fourth-order valence-corrected chi connectivity index (χ4v) is 1.21. The lowest BCUT2D eigenvalue weighted by molar-refractivity contribution is 0.267. The fraction of sp³-hybridized carbons (Fsp3) is 0.700. The Morgan fingerprint density at radius 1 is 1.25 bits per heavy atom. The van der Waals surface area contributed by atoms with Crippen LogP contribution in [0.3, 0.4) is 0 Å². The first-order valence-electron chi connectivity index (χ1n) is 5.48. The first kappa shape index (κ1) is 10.9. The molecule has 0 spiro atoms. The van der Waals surface area contributed by atoms with Gasteiger partial charge < -0.3 is 14.8 Å². The maximum atomic E-state index is 5.48. The molecule has 1 aromatic rings. The van der Waals surface area contributed by atoms with Gasteiger partial charge in [-0.15, -0.1) is 4.98 Å². The molecule has 1 aromatic heterocycles. The summed E-state index contributed by atoms with van der Waals surface area (Å²) in [6.45, 7) is 3.40. The Labute approximate surface area is 94.4 Å². The molecule has 6 heteroatoms. The molecule has 0 amide bonds. The molecule has 16 heavy (non-hydrogen) atoms. The lowest BCUT2D eigenvalue weighted by Gasteiger charge is -2.07. The molecule has 2 rings (SSSR count). The van der Waals surface area contributed by atoms with Crippen molar-refractivity contribution in [3.05, 3.63) is 0 Å². The van der Waals surface area contributed by atoms with Crippen LogP contribution in [0.4, 0.5) is 5.95 Å². The number of ether oxygens (including phenoxy) is 2. The minimum Gasteiger partial charge on any atom is -0.467 e. The number of hydrogen-bond acceptors (Lipinski definition) is 6. The molecule has 0 aromatic carbocycles. The van der Waals surface area contributed by atoms with E-state index >= 15 is 0 Å². The Morgan fingerprint density at radius 3 is 2.62 bits per heavy atom. The average molecular weight is 224 g/mol. The van der Waals surface area contributed by atoms with Gasteiger partial charge in [0, 0.05) is 6.54 Å². The Hall–Kier alpha value is -1.59. The quantitative estimate of drug-likeness (QED) is 0.780. The summed E-state index contributed by atoms with van der Waals surface area (Å²) in [6, 6.07) is 0.603. The maximum absolute atomic E-state index is 5.48. The molecule has 1 N–H and O–H groups in total. The van der Waals surface area contributed by atoms with Crippen LogP contribution in [-0.4, -0.2) is 35.2 Å². The van der Waals surface area contributed by atoms with E-state index in [4.69, 9.17) is 9.47 Å². The molecule has 1 saturated carbocycles. The standard InChI is InChI=1S/C10H16N4O2/c1-3-11-8-12-9(15-2)14-10(13-8)16-6-7-4-5-7/h7H,3-6H2,1-2H3,(H,11,12,13,14). The van der Waals surface area contributed by atoms with Gasteiger partial charge in [0.15, 0.2) is 0 Å². The molecule has 0 saturated heterocycles. The van der Waals surface area contributed by atoms with Crippen LogP contribution in [0.15, 0.2) is 0 Å². The van der Waals surface area contributed by atoms with Gasteiger partial charge >= 0.3 is 12.0 Å². The molecular weight excluding hydrogens is 208 g/mol. The second-order valence-corrected chi connectivity index (χ2v) is 3.71. The predicted octanol–water partition coefficient (Wildman–Crippen LogP) is 1.10. The minimum absolute atomic E-state index is 0.275. The highest BCUT2D eigenvalue weighted by molar-refractivity contribution is 5.27. The molecule has 0 radical (unpaired) electrons. The largest absolute Gasteiger partial charge is 0.467 e. The van der Waals surface area contributed by atoms with Gasteiger partial charge in [0.25, 0.3) is 0 Å². The summed E-state index contributed by atoms with van der Waals surface area (Å²) in [5.41, 5.74) is 0. The molecule has 88 valence electrons. The van der Waals surface area contributed by atoms with Crippen molar-refractivity contribution >= 4 is 5.95 Å². The summed E-state index contributed by atoms with van der Waals surface area (Å²) in [5.74, 6) is 1.16. The first-order chi connectivity index (χ1) is 7.81. The lowest BCUT2D eigenvalue weighted by Crippen LogP contribution is -2.09. The number of rotatable bonds is 6. The third-order valence-corrected chi connectivity index (χ3v) is 2.26. The van der Waals surface area contributed by atoms with E-state index in [0.29, 0.717) is 24.5 Å². The van der Waals surface area contributed by atoms with E-state index in [0.717, 1.165) is 6.54 Å². The monoisotopic (exact) mass is 224 g/mol. The minimum atomic E-state index is 0.275. The maximum Gasteiger partial charge on any atom is 0.324 e. The molecule has 1 aliphatic rings. The summed E-state index contributed by atoms with van der Waals surface area (Å²) in [5, 5.41) is 3.00. The molecular formula is C10H16N4O2. The van der Waals surface area contributed by atoms with E-state index in [1.54, 1.807) is 0 Å². The Bertz CT molecular complexity index is 355. The van der Waals surface area contributed by atoms with Crippen molar-refractivity contribution in [2.24, 2.45) is 5.92 Å². The SMILES string of the molecule is CCNc1nc(OC)nc(OCC2CC2)n1. The normalized spacial score (nSPS) is 14.6. The van der Waals surface area contributed by atoms with Crippen molar-refractivity contribution < 1.29 is 9.47 Å². The van der Waals surface area contributed by atoms with Crippen molar-refractivity contribution in [1.29, 1.82) is 0 Å². The van der Waals surface area contributed by atoms with Crippen LogP contribution in [-0.2, 0) is 0 Å². The molecule has 1 heterocycles. The highest BCUT2D eigenvalue weighted by Gasteiger charge is 2.22. The van der Waals surface area contributed by atoms with Crippen LogP contribution in [0.25, 0.3) is 0 Å². The summed E-state index contributed by atoms with van der Waals surface area (Å²) >= 11 is 0. The van der Waals surface area contributed by atoms with E-state index in [1.807, 2.05) is 6.92 Å². The first-order valence-corrected chi connectivity index (χ1v) is 5.48. The number of methoxy groups -OCH3 is 1. The highest BCUT2D eigenvalue weighted by atomic mass is 16.5. The zero-order valence-corrected chi connectivity index (χ0v) is 9.56. The number of hydrogen-bond donors (Lipinski definition) is 1. The Morgan fingerprint density at radius 2 is 2.00 bits per heavy atom. The fourth-order valence-electron chi connectivity index (χ4n) is 1.21. The second kappa shape index (κ2) is 4.96. The Kier molecular flexibility index (Phi) is 3.38. The highest BCUT2D eigenvalue weighted by Crippen LogP contribution is 2.29. The van der Waals surface area contributed by atoms with Crippen LogP contribution in [0.5, 0.6) is 12.0 Å². The summed E-state index contributed by atoms with van der Waals surface area (Å²) in [7, 11) is 1.52. The van der Waals surface area contributed by atoms with E-state index in [1.165, 1.54) is 20.0 Å². The zero-order valence-electron chi connectivity index (χ0n) is 9.56. The second-order valence-electron chi connectivity index (χ2n) is 3.71. The topological polar surface area (TPSA) is 69.2 Å². The third-order valence-electron chi connectivity index (χ3n) is 2.26. The van der Waals surface area contributed by atoms with E-state index < -0.39 is 0 Å².